The van der Waals surface area contributed by atoms with Gasteiger partial charge in [-0.2, -0.15) is 0 Å². The van der Waals surface area contributed by atoms with Crippen molar-refractivity contribution >= 4 is 28.5 Å². The van der Waals surface area contributed by atoms with Crippen molar-refractivity contribution in [3.63, 3.8) is 0 Å². The summed E-state index contributed by atoms with van der Waals surface area (Å²) in [5, 5.41) is 6.45. The van der Waals surface area contributed by atoms with E-state index in [0.717, 1.165) is 17.7 Å². The fourth-order valence-electron chi connectivity index (χ4n) is 2.37. The summed E-state index contributed by atoms with van der Waals surface area (Å²) in [5.41, 5.74) is 6.13. The molecule has 0 spiro atoms. The molecule has 3 rings (SSSR count). The molecule has 0 bridgehead atoms. The summed E-state index contributed by atoms with van der Waals surface area (Å²) in [6.07, 6.45) is 2.12. The highest BCUT2D eigenvalue weighted by Gasteiger charge is 2.30. The second kappa shape index (κ2) is 6.04. The third kappa shape index (κ3) is 3.21. The van der Waals surface area contributed by atoms with Crippen molar-refractivity contribution in [2.45, 2.75) is 18.9 Å². The molecule has 0 fully saturated rings. The first-order valence-corrected chi connectivity index (χ1v) is 7.97. The molecule has 0 radical (unpaired) electrons. The number of amidine groups is 1. The molecular weight excluding hydrogens is 319 g/mol. The Morgan fingerprint density at radius 2 is 2.30 bits per heavy atom. The molecule has 2 aromatic rings. The van der Waals surface area contributed by atoms with Gasteiger partial charge in [0, 0.05) is 11.8 Å². The minimum absolute atomic E-state index is 0.0114. The molecule has 23 heavy (non-hydrogen) atoms. The van der Waals surface area contributed by atoms with Gasteiger partial charge in [-0.3, -0.25) is 9.79 Å². The predicted molar refractivity (Wildman–Crippen MR) is 86.9 cm³/mol. The van der Waals surface area contributed by atoms with Gasteiger partial charge in [0.1, 0.15) is 5.82 Å². The summed E-state index contributed by atoms with van der Waals surface area (Å²) in [4.78, 5) is 16.5. The number of hydrogen-bond donors (Lipinski definition) is 2. The highest BCUT2D eigenvalue weighted by molar-refractivity contribution is 8.13. The van der Waals surface area contributed by atoms with E-state index in [1.807, 2.05) is 6.92 Å². The van der Waals surface area contributed by atoms with E-state index in [0.29, 0.717) is 5.17 Å². The Labute approximate surface area is 136 Å². The molecule has 1 unspecified atom stereocenters. The maximum absolute atomic E-state index is 14.0. The van der Waals surface area contributed by atoms with E-state index in [-0.39, 0.29) is 11.4 Å². The van der Waals surface area contributed by atoms with E-state index < -0.39 is 17.3 Å². The lowest BCUT2D eigenvalue weighted by Crippen LogP contribution is -2.29. The van der Waals surface area contributed by atoms with Gasteiger partial charge in [-0.15, -0.1) is 0 Å². The number of benzene rings is 1. The highest BCUT2D eigenvalue weighted by Crippen LogP contribution is 2.36. The second-order valence-electron chi connectivity index (χ2n) is 5.35. The zero-order valence-corrected chi connectivity index (χ0v) is 13.2. The molecular formula is C15H15FN4O2S. The standard InChI is InChI=1S/C15H15FN4O2S/c1-15(5-7-23-14(17)20-15)9-2-3-10(16)11(8-9)19-13(21)12-4-6-18-22-12/h2-4,6,8H,5,7H2,1H3,(H2,17,20)(H,19,21). The lowest BCUT2D eigenvalue weighted by atomic mass is 9.89. The van der Waals surface area contributed by atoms with Crippen LogP contribution in [-0.4, -0.2) is 22.0 Å². The van der Waals surface area contributed by atoms with Gasteiger partial charge in [-0.1, -0.05) is 23.0 Å². The quantitative estimate of drug-likeness (QED) is 0.900. The van der Waals surface area contributed by atoms with E-state index in [9.17, 15) is 9.18 Å². The molecule has 0 saturated heterocycles. The molecule has 3 N–H and O–H groups in total. The van der Waals surface area contributed by atoms with E-state index in [1.165, 1.54) is 30.1 Å². The Balaban J connectivity index is 1.90. The number of anilines is 1. The van der Waals surface area contributed by atoms with Crippen LogP contribution in [0.3, 0.4) is 0 Å². The fourth-order valence-corrected chi connectivity index (χ4v) is 3.34. The van der Waals surface area contributed by atoms with Crippen molar-refractivity contribution in [3.05, 3.63) is 47.6 Å². The molecule has 8 heteroatoms. The Hall–Kier alpha value is -2.35. The molecule has 1 aliphatic heterocycles. The Morgan fingerprint density at radius 3 is 3.00 bits per heavy atom. The molecule has 120 valence electrons. The van der Waals surface area contributed by atoms with Crippen molar-refractivity contribution in [2.75, 3.05) is 11.1 Å². The number of nitrogens with one attached hydrogen (secondary N) is 1. The Kier molecular flexibility index (Phi) is 4.08. The number of amides is 1. The Morgan fingerprint density at radius 1 is 1.48 bits per heavy atom. The van der Waals surface area contributed by atoms with E-state index >= 15 is 0 Å². The van der Waals surface area contributed by atoms with Crippen LogP contribution < -0.4 is 11.1 Å². The van der Waals surface area contributed by atoms with Crippen LogP contribution in [0.5, 0.6) is 0 Å². The molecule has 6 nitrogen and oxygen atoms in total. The Bertz CT molecular complexity index is 763. The summed E-state index contributed by atoms with van der Waals surface area (Å²) >= 11 is 1.50. The van der Waals surface area contributed by atoms with Gasteiger partial charge in [0.25, 0.3) is 5.91 Å². The van der Waals surface area contributed by atoms with Crippen molar-refractivity contribution in [2.24, 2.45) is 10.7 Å². The minimum atomic E-state index is -0.564. The molecule has 1 atom stereocenters. The monoisotopic (exact) mass is 334 g/mol. The van der Waals surface area contributed by atoms with E-state index in [4.69, 9.17) is 10.3 Å². The third-order valence-electron chi connectivity index (χ3n) is 3.69. The summed E-state index contributed by atoms with van der Waals surface area (Å²) in [6.45, 7) is 1.94. The van der Waals surface area contributed by atoms with Gasteiger partial charge in [0.15, 0.2) is 5.17 Å². The molecule has 0 saturated carbocycles. The normalized spacial score (nSPS) is 20.9. The summed E-state index contributed by atoms with van der Waals surface area (Å²) in [6, 6.07) is 5.95. The average Bonchev–Trinajstić information content (AvgIpc) is 3.03. The number of rotatable bonds is 3. The van der Waals surface area contributed by atoms with E-state index in [1.54, 1.807) is 12.1 Å². The summed E-state index contributed by atoms with van der Waals surface area (Å²) in [7, 11) is 0. The summed E-state index contributed by atoms with van der Waals surface area (Å²) < 4.78 is 18.8. The number of halogens is 1. The van der Waals surface area contributed by atoms with Gasteiger partial charge in [-0.05, 0) is 31.0 Å². The zero-order chi connectivity index (χ0) is 16.4. The predicted octanol–water partition coefficient (Wildman–Crippen LogP) is 2.73. The van der Waals surface area contributed by atoms with Crippen LogP contribution in [0.25, 0.3) is 0 Å². The smallest absolute Gasteiger partial charge is 0.294 e. The maximum atomic E-state index is 14.0. The molecule has 1 aliphatic rings. The van der Waals surface area contributed by atoms with E-state index in [2.05, 4.69) is 15.5 Å². The first-order chi connectivity index (χ1) is 11.0. The highest BCUT2D eigenvalue weighted by atomic mass is 32.2. The number of nitrogens with two attached hydrogens (primary N) is 1. The lowest BCUT2D eigenvalue weighted by molar-refractivity contribution is 0.0987. The van der Waals surface area contributed by atoms with Gasteiger partial charge in [-0.25, -0.2) is 4.39 Å². The average molecular weight is 334 g/mol. The SMILES string of the molecule is CC1(c2ccc(F)c(NC(=O)c3ccno3)c2)CCSC(N)=N1. The first-order valence-electron chi connectivity index (χ1n) is 6.98. The van der Waals surface area contributed by atoms with Crippen LogP contribution in [0.1, 0.15) is 29.5 Å². The summed E-state index contributed by atoms with van der Waals surface area (Å²) in [5.74, 6) is -0.251. The largest absolute Gasteiger partial charge is 0.379 e. The molecule has 1 amide bonds. The number of aromatic nitrogens is 1. The van der Waals surface area contributed by atoms with Crippen LogP contribution in [0.4, 0.5) is 10.1 Å². The molecule has 0 aliphatic carbocycles. The number of thioether (sulfide) groups is 1. The van der Waals surface area contributed by atoms with Crippen LogP contribution in [-0.2, 0) is 5.54 Å². The van der Waals surface area contributed by atoms with Crippen molar-refractivity contribution in [1.29, 1.82) is 0 Å². The minimum Gasteiger partial charge on any atom is -0.379 e. The number of nitrogens with zero attached hydrogens (tertiary/aromatic N) is 2. The van der Waals surface area contributed by atoms with Gasteiger partial charge in [0.2, 0.25) is 5.76 Å². The molecule has 2 heterocycles. The van der Waals surface area contributed by atoms with Crippen LogP contribution in [0.2, 0.25) is 0 Å². The van der Waals surface area contributed by atoms with Gasteiger partial charge < -0.3 is 15.6 Å². The van der Waals surface area contributed by atoms with Crippen molar-refractivity contribution in [1.82, 2.24) is 5.16 Å². The number of carbonyl (C=O) groups excluding carboxylic acids is 1. The van der Waals surface area contributed by atoms with Crippen LogP contribution in [0, 0.1) is 5.82 Å². The van der Waals surface area contributed by atoms with Crippen molar-refractivity contribution in [3.8, 4) is 0 Å². The number of carbonyl (C=O) groups is 1. The molecule has 1 aromatic carbocycles. The van der Waals surface area contributed by atoms with Gasteiger partial charge in [0.05, 0.1) is 17.4 Å². The zero-order valence-electron chi connectivity index (χ0n) is 12.4. The fraction of sp³-hybridized carbons (Fsp3) is 0.267. The topological polar surface area (TPSA) is 93.5 Å². The maximum Gasteiger partial charge on any atom is 0.294 e. The number of hydrogen-bond acceptors (Lipinski definition) is 6. The lowest BCUT2D eigenvalue weighted by Gasteiger charge is -2.30. The third-order valence-corrected chi connectivity index (χ3v) is 4.49. The molecule has 1 aromatic heterocycles. The van der Waals surface area contributed by atoms with Gasteiger partial charge >= 0.3 is 0 Å². The second-order valence-corrected chi connectivity index (χ2v) is 6.46. The first kappa shape index (κ1) is 15.5. The van der Waals surface area contributed by atoms with Crippen LogP contribution >= 0.6 is 11.8 Å². The van der Waals surface area contributed by atoms with Crippen LogP contribution in [0.15, 0.2) is 40.0 Å². The van der Waals surface area contributed by atoms with Crippen molar-refractivity contribution < 1.29 is 13.7 Å². The number of aliphatic imine (C=N–C) groups is 1.